The maximum Gasteiger partial charge on any atom is 0.184 e. The van der Waals surface area contributed by atoms with Crippen molar-refractivity contribution in [3.63, 3.8) is 0 Å². The first kappa shape index (κ1) is 15.8. The Labute approximate surface area is 134 Å². The number of aromatic nitrogens is 1. The summed E-state index contributed by atoms with van der Waals surface area (Å²) in [4.78, 5) is 0. The van der Waals surface area contributed by atoms with Gasteiger partial charge in [-0.2, -0.15) is 5.10 Å². The Bertz CT molecular complexity index is 660. The lowest BCUT2D eigenvalue weighted by atomic mass is 10.2. The molecule has 0 saturated heterocycles. The minimum atomic E-state index is 0.131. The number of ether oxygens (including phenoxy) is 2. The number of thiocarbonyl (C=S) groups is 1. The summed E-state index contributed by atoms with van der Waals surface area (Å²) >= 11 is 4.70. The molecule has 0 unspecified atom stereocenters. The first-order chi connectivity index (χ1) is 10.6. The quantitative estimate of drug-likeness (QED) is 0.482. The third-order valence-corrected chi connectivity index (χ3v) is 3.09. The van der Waals surface area contributed by atoms with E-state index in [1.54, 1.807) is 20.4 Å². The normalized spacial score (nSPS) is 10.6. The van der Waals surface area contributed by atoms with Gasteiger partial charge in [0.05, 0.1) is 26.1 Å². The van der Waals surface area contributed by atoms with Gasteiger partial charge < -0.3 is 19.8 Å². The van der Waals surface area contributed by atoms with Gasteiger partial charge in [-0.15, -0.1) is 0 Å². The highest BCUT2D eigenvalue weighted by molar-refractivity contribution is 7.80. The molecule has 0 aliphatic rings. The summed E-state index contributed by atoms with van der Waals surface area (Å²) in [5.41, 5.74) is 9.85. The molecule has 3 N–H and O–H groups in total. The van der Waals surface area contributed by atoms with Crippen molar-refractivity contribution in [1.82, 2.24) is 9.99 Å². The van der Waals surface area contributed by atoms with Crippen LogP contribution in [0.5, 0.6) is 11.5 Å². The fourth-order valence-electron chi connectivity index (χ4n) is 2.00. The molecule has 116 valence electrons. The summed E-state index contributed by atoms with van der Waals surface area (Å²) < 4.78 is 12.6. The van der Waals surface area contributed by atoms with E-state index in [0.29, 0.717) is 6.54 Å². The van der Waals surface area contributed by atoms with Crippen molar-refractivity contribution in [3.05, 3.63) is 47.8 Å². The minimum absolute atomic E-state index is 0.131. The van der Waals surface area contributed by atoms with Crippen molar-refractivity contribution in [1.29, 1.82) is 0 Å². The summed E-state index contributed by atoms with van der Waals surface area (Å²) in [6.07, 6.45) is 3.63. The second kappa shape index (κ2) is 7.46. The lowest BCUT2D eigenvalue weighted by Crippen LogP contribution is -2.24. The molecule has 0 bridgehead atoms. The predicted octanol–water partition coefficient (Wildman–Crippen LogP) is 1.72. The third-order valence-electron chi connectivity index (χ3n) is 3.00. The van der Waals surface area contributed by atoms with E-state index in [0.717, 1.165) is 22.8 Å². The van der Waals surface area contributed by atoms with Gasteiger partial charge in [-0.25, -0.2) is 0 Å². The lowest BCUT2D eigenvalue weighted by molar-refractivity contribution is 0.393. The number of benzene rings is 1. The van der Waals surface area contributed by atoms with Crippen LogP contribution < -0.4 is 20.6 Å². The monoisotopic (exact) mass is 318 g/mol. The van der Waals surface area contributed by atoms with Crippen molar-refractivity contribution in [2.45, 2.75) is 6.54 Å². The smallest absolute Gasteiger partial charge is 0.184 e. The highest BCUT2D eigenvalue weighted by atomic mass is 32.1. The van der Waals surface area contributed by atoms with Crippen LogP contribution in [-0.4, -0.2) is 30.1 Å². The van der Waals surface area contributed by atoms with E-state index in [1.165, 1.54) is 0 Å². The molecule has 0 amide bonds. The number of nitrogens with two attached hydrogens (primary N) is 1. The van der Waals surface area contributed by atoms with Crippen molar-refractivity contribution in [3.8, 4) is 11.5 Å². The maximum absolute atomic E-state index is 5.33. The van der Waals surface area contributed by atoms with Gasteiger partial charge in [0.2, 0.25) is 0 Å². The first-order valence-electron chi connectivity index (χ1n) is 6.58. The molecule has 0 aliphatic heterocycles. The number of hydrogen-bond donors (Lipinski definition) is 2. The molecule has 0 fully saturated rings. The number of nitrogens with zero attached hydrogens (tertiary/aromatic N) is 2. The molecular weight excluding hydrogens is 300 g/mol. The largest absolute Gasteiger partial charge is 0.497 e. The van der Waals surface area contributed by atoms with E-state index >= 15 is 0 Å². The zero-order chi connectivity index (χ0) is 15.9. The molecule has 0 aliphatic carbocycles. The van der Waals surface area contributed by atoms with Gasteiger partial charge in [-0.1, -0.05) is 0 Å². The fourth-order valence-corrected chi connectivity index (χ4v) is 2.06. The molecule has 0 saturated carbocycles. The Morgan fingerprint density at radius 3 is 2.59 bits per heavy atom. The number of hydrogen-bond acceptors (Lipinski definition) is 4. The number of nitrogens with one attached hydrogen (secondary N) is 1. The van der Waals surface area contributed by atoms with Gasteiger partial charge in [-0.05, 0) is 42.0 Å². The van der Waals surface area contributed by atoms with Gasteiger partial charge in [0.15, 0.2) is 5.11 Å². The molecule has 0 atom stereocenters. The Balaban J connectivity index is 2.19. The maximum atomic E-state index is 5.33. The van der Waals surface area contributed by atoms with E-state index in [2.05, 4.69) is 10.5 Å². The van der Waals surface area contributed by atoms with Gasteiger partial charge in [0.1, 0.15) is 11.5 Å². The van der Waals surface area contributed by atoms with E-state index in [4.69, 9.17) is 27.4 Å². The summed E-state index contributed by atoms with van der Waals surface area (Å²) in [5, 5.41) is 4.10. The zero-order valence-electron chi connectivity index (χ0n) is 12.4. The molecule has 1 aromatic carbocycles. The molecule has 0 radical (unpaired) electrons. The summed E-state index contributed by atoms with van der Waals surface area (Å²) in [5.74, 6) is 1.51. The van der Waals surface area contributed by atoms with Crippen LogP contribution >= 0.6 is 12.2 Å². The molecular formula is C15H18N4O2S. The first-order valence-corrected chi connectivity index (χ1v) is 6.99. The predicted molar refractivity (Wildman–Crippen MR) is 90.6 cm³/mol. The highest BCUT2D eigenvalue weighted by Crippen LogP contribution is 2.23. The van der Waals surface area contributed by atoms with E-state index in [-0.39, 0.29) is 5.11 Å². The average molecular weight is 318 g/mol. The topological polar surface area (TPSA) is 73.8 Å². The molecule has 22 heavy (non-hydrogen) atoms. The lowest BCUT2D eigenvalue weighted by Gasteiger charge is -2.10. The molecule has 6 nitrogen and oxygen atoms in total. The van der Waals surface area contributed by atoms with Gasteiger partial charge in [0.25, 0.3) is 0 Å². The van der Waals surface area contributed by atoms with Crippen molar-refractivity contribution < 1.29 is 9.47 Å². The van der Waals surface area contributed by atoms with Gasteiger partial charge in [0, 0.05) is 18.8 Å². The van der Waals surface area contributed by atoms with Crippen LogP contribution in [0.15, 0.2) is 41.6 Å². The fraction of sp³-hybridized carbons (Fsp3) is 0.200. The van der Waals surface area contributed by atoms with Crippen molar-refractivity contribution in [2.24, 2.45) is 10.8 Å². The minimum Gasteiger partial charge on any atom is -0.497 e. The Hall–Kier alpha value is -2.54. The summed E-state index contributed by atoms with van der Waals surface area (Å²) in [7, 11) is 3.27. The van der Waals surface area contributed by atoms with Crippen LogP contribution in [0.4, 0.5) is 0 Å². The molecule has 1 aromatic heterocycles. The highest BCUT2D eigenvalue weighted by Gasteiger charge is 2.04. The number of hydrazone groups is 1. The van der Waals surface area contributed by atoms with E-state index in [1.807, 2.05) is 41.1 Å². The molecule has 7 heteroatoms. The summed E-state index contributed by atoms with van der Waals surface area (Å²) in [6.45, 7) is 0.662. The average Bonchev–Trinajstić information content (AvgIpc) is 2.93. The molecule has 1 heterocycles. The molecule has 0 spiro atoms. The van der Waals surface area contributed by atoms with E-state index < -0.39 is 0 Å². The van der Waals surface area contributed by atoms with Crippen LogP contribution in [0.2, 0.25) is 0 Å². The Morgan fingerprint density at radius 1 is 1.32 bits per heavy atom. The third kappa shape index (κ3) is 4.23. The Kier molecular flexibility index (Phi) is 5.37. The second-order valence-electron chi connectivity index (χ2n) is 4.52. The SMILES string of the molecule is COc1cc(Cn2cccc2/C=N/NC(N)=S)cc(OC)c1. The van der Waals surface area contributed by atoms with Gasteiger partial charge >= 0.3 is 0 Å². The van der Waals surface area contributed by atoms with Crippen LogP contribution in [0.1, 0.15) is 11.3 Å². The number of methoxy groups -OCH3 is 2. The van der Waals surface area contributed by atoms with Crippen LogP contribution in [0.25, 0.3) is 0 Å². The second-order valence-corrected chi connectivity index (χ2v) is 4.96. The zero-order valence-corrected chi connectivity index (χ0v) is 13.3. The van der Waals surface area contributed by atoms with Crippen LogP contribution in [0, 0.1) is 0 Å². The molecule has 2 aromatic rings. The Morgan fingerprint density at radius 2 is 2.00 bits per heavy atom. The molecule has 2 rings (SSSR count). The standard InChI is InChI=1S/C15H18N4O2S/c1-20-13-6-11(7-14(8-13)21-2)10-19-5-3-4-12(19)9-17-18-15(16)22/h3-9H,10H2,1-2H3,(H3,16,18,22)/b17-9+. The van der Waals surface area contributed by atoms with E-state index in [9.17, 15) is 0 Å². The van der Waals surface area contributed by atoms with Crippen LogP contribution in [0.3, 0.4) is 0 Å². The van der Waals surface area contributed by atoms with Crippen molar-refractivity contribution in [2.75, 3.05) is 14.2 Å². The van der Waals surface area contributed by atoms with Gasteiger partial charge in [-0.3, -0.25) is 5.43 Å². The number of rotatable bonds is 6. The van der Waals surface area contributed by atoms with Crippen molar-refractivity contribution >= 4 is 23.5 Å². The van der Waals surface area contributed by atoms with Crippen LogP contribution in [-0.2, 0) is 6.54 Å². The summed E-state index contributed by atoms with van der Waals surface area (Å²) in [6, 6.07) is 9.67.